The third-order valence-corrected chi connectivity index (χ3v) is 3.74. The predicted molar refractivity (Wildman–Crippen MR) is 76.0 cm³/mol. The van der Waals surface area contributed by atoms with E-state index in [1.165, 1.54) is 18.2 Å². The molecule has 1 aromatic rings. The molecule has 0 heterocycles. The molecule has 0 aliphatic carbocycles. The zero-order valence-electron chi connectivity index (χ0n) is 11.4. The SMILES string of the molecule is CCC(CC)(CO)NC(=O)c1ccc([N+](=O)[O-])c(Cl)c1. The Morgan fingerprint density at radius 2 is 2.05 bits per heavy atom. The summed E-state index contributed by atoms with van der Waals surface area (Å²) in [5.41, 5.74) is -0.714. The zero-order valence-corrected chi connectivity index (χ0v) is 12.1. The first-order chi connectivity index (χ1) is 9.39. The van der Waals surface area contributed by atoms with Crippen molar-refractivity contribution < 1.29 is 14.8 Å². The van der Waals surface area contributed by atoms with Gasteiger partial charge < -0.3 is 10.4 Å². The van der Waals surface area contributed by atoms with Crippen molar-refractivity contribution in [2.24, 2.45) is 0 Å². The second kappa shape index (κ2) is 6.67. The van der Waals surface area contributed by atoms with Crippen molar-refractivity contribution in [2.45, 2.75) is 32.2 Å². The predicted octanol–water partition coefficient (Wildman–Crippen LogP) is 2.53. The fraction of sp³-hybridized carbons (Fsp3) is 0.462. The summed E-state index contributed by atoms with van der Waals surface area (Å²) in [6, 6.07) is 3.78. The van der Waals surface area contributed by atoms with E-state index in [9.17, 15) is 20.0 Å². The molecule has 0 radical (unpaired) electrons. The van der Waals surface area contributed by atoms with E-state index in [1.807, 2.05) is 13.8 Å². The van der Waals surface area contributed by atoms with Gasteiger partial charge in [0.1, 0.15) is 5.02 Å². The number of aliphatic hydroxyl groups excluding tert-OH is 1. The first kappa shape index (κ1) is 16.4. The maximum Gasteiger partial charge on any atom is 0.287 e. The van der Waals surface area contributed by atoms with Crippen molar-refractivity contribution in [1.82, 2.24) is 5.32 Å². The van der Waals surface area contributed by atoms with Crippen LogP contribution < -0.4 is 5.32 Å². The minimum Gasteiger partial charge on any atom is -0.394 e. The molecule has 2 N–H and O–H groups in total. The van der Waals surface area contributed by atoms with Crippen LogP contribution in [0.3, 0.4) is 0 Å². The van der Waals surface area contributed by atoms with Crippen LogP contribution in [0.4, 0.5) is 5.69 Å². The normalized spacial score (nSPS) is 11.2. The van der Waals surface area contributed by atoms with Crippen molar-refractivity contribution >= 4 is 23.2 Å². The number of halogens is 1. The van der Waals surface area contributed by atoms with Gasteiger partial charge in [0.25, 0.3) is 11.6 Å². The first-order valence-electron chi connectivity index (χ1n) is 6.26. The number of aliphatic hydroxyl groups is 1. The minimum atomic E-state index is -0.689. The van der Waals surface area contributed by atoms with Gasteiger partial charge in [-0.15, -0.1) is 0 Å². The van der Waals surface area contributed by atoms with E-state index >= 15 is 0 Å². The van der Waals surface area contributed by atoms with Crippen LogP contribution in [0, 0.1) is 10.1 Å². The van der Waals surface area contributed by atoms with Crippen molar-refractivity contribution in [2.75, 3.05) is 6.61 Å². The second-order valence-corrected chi connectivity index (χ2v) is 4.93. The Hall–Kier alpha value is -1.66. The summed E-state index contributed by atoms with van der Waals surface area (Å²) in [4.78, 5) is 22.2. The summed E-state index contributed by atoms with van der Waals surface area (Å²) < 4.78 is 0. The smallest absolute Gasteiger partial charge is 0.287 e. The average molecular weight is 301 g/mol. The Balaban J connectivity index is 2.99. The summed E-state index contributed by atoms with van der Waals surface area (Å²) in [7, 11) is 0. The summed E-state index contributed by atoms with van der Waals surface area (Å²) >= 11 is 5.77. The molecule has 6 nitrogen and oxygen atoms in total. The molecule has 0 aromatic heterocycles. The quantitative estimate of drug-likeness (QED) is 0.623. The number of nitro groups is 1. The molecule has 1 aromatic carbocycles. The van der Waals surface area contributed by atoms with E-state index in [-0.39, 0.29) is 22.9 Å². The van der Waals surface area contributed by atoms with Gasteiger partial charge in [-0.05, 0) is 25.0 Å². The van der Waals surface area contributed by atoms with Gasteiger partial charge in [-0.3, -0.25) is 14.9 Å². The van der Waals surface area contributed by atoms with Crippen molar-refractivity contribution in [1.29, 1.82) is 0 Å². The molecule has 1 amide bonds. The Morgan fingerprint density at radius 1 is 1.45 bits per heavy atom. The highest BCUT2D eigenvalue weighted by atomic mass is 35.5. The monoisotopic (exact) mass is 300 g/mol. The van der Waals surface area contributed by atoms with Gasteiger partial charge >= 0.3 is 0 Å². The molecular weight excluding hydrogens is 284 g/mol. The van der Waals surface area contributed by atoms with E-state index in [0.717, 1.165) is 0 Å². The number of rotatable bonds is 6. The van der Waals surface area contributed by atoms with Crippen LogP contribution in [-0.2, 0) is 0 Å². The van der Waals surface area contributed by atoms with Gasteiger partial charge in [0.2, 0.25) is 0 Å². The molecule has 0 unspecified atom stereocenters. The van der Waals surface area contributed by atoms with Gasteiger partial charge in [0, 0.05) is 11.6 Å². The Morgan fingerprint density at radius 3 is 2.45 bits per heavy atom. The van der Waals surface area contributed by atoms with Crippen molar-refractivity contribution in [3.63, 3.8) is 0 Å². The van der Waals surface area contributed by atoms with Crippen LogP contribution in [-0.4, -0.2) is 28.1 Å². The van der Waals surface area contributed by atoms with Crippen molar-refractivity contribution in [3.05, 3.63) is 38.9 Å². The molecule has 1 rings (SSSR count). The highest BCUT2D eigenvalue weighted by molar-refractivity contribution is 6.33. The fourth-order valence-corrected chi connectivity index (χ4v) is 2.05. The lowest BCUT2D eigenvalue weighted by molar-refractivity contribution is -0.384. The number of carbonyl (C=O) groups is 1. The Bertz CT molecular complexity index is 507. The van der Waals surface area contributed by atoms with Gasteiger partial charge in [0.05, 0.1) is 17.1 Å². The van der Waals surface area contributed by atoms with Gasteiger partial charge in [-0.2, -0.15) is 0 Å². The molecule has 0 spiro atoms. The van der Waals surface area contributed by atoms with Crippen LogP contribution in [0.25, 0.3) is 0 Å². The van der Waals surface area contributed by atoms with E-state index < -0.39 is 16.4 Å². The van der Waals surface area contributed by atoms with Gasteiger partial charge in [-0.25, -0.2) is 0 Å². The lowest BCUT2D eigenvalue weighted by Crippen LogP contribution is -2.50. The van der Waals surface area contributed by atoms with Crippen LogP contribution >= 0.6 is 11.6 Å². The number of amides is 1. The maximum atomic E-state index is 12.1. The number of benzene rings is 1. The summed E-state index contributed by atoms with van der Waals surface area (Å²) in [6.45, 7) is 3.55. The molecule has 0 saturated heterocycles. The number of nitrogens with zero attached hydrogens (tertiary/aromatic N) is 1. The first-order valence-corrected chi connectivity index (χ1v) is 6.64. The van der Waals surface area contributed by atoms with E-state index in [2.05, 4.69) is 5.32 Å². The van der Waals surface area contributed by atoms with Crippen LogP contribution in [0.1, 0.15) is 37.0 Å². The lowest BCUT2D eigenvalue weighted by Gasteiger charge is -2.30. The molecule has 0 aliphatic rings. The molecule has 7 heteroatoms. The Labute approximate surface area is 121 Å². The molecule has 20 heavy (non-hydrogen) atoms. The second-order valence-electron chi connectivity index (χ2n) is 4.52. The van der Waals surface area contributed by atoms with E-state index in [1.54, 1.807) is 0 Å². The third-order valence-electron chi connectivity index (χ3n) is 3.44. The van der Waals surface area contributed by atoms with Gasteiger partial charge in [0.15, 0.2) is 0 Å². The topological polar surface area (TPSA) is 92.5 Å². The molecule has 0 bridgehead atoms. The van der Waals surface area contributed by atoms with E-state index in [0.29, 0.717) is 12.8 Å². The largest absolute Gasteiger partial charge is 0.394 e. The maximum absolute atomic E-state index is 12.1. The minimum absolute atomic E-state index is 0.0924. The fourth-order valence-electron chi connectivity index (χ4n) is 1.80. The average Bonchev–Trinajstić information content (AvgIpc) is 2.44. The molecule has 0 aliphatic heterocycles. The Kier molecular flexibility index (Phi) is 5.47. The summed E-state index contributed by atoms with van der Waals surface area (Å²) in [5.74, 6) is -0.417. The number of carbonyl (C=O) groups excluding carboxylic acids is 1. The molecular formula is C13H17ClN2O4. The molecule has 0 atom stereocenters. The highest BCUT2D eigenvalue weighted by Crippen LogP contribution is 2.25. The number of nitro benzene ring substituents is 1. The standard InChI is InChI=1S/C13H17ClN2O4/c1-3-13(4-2,8-17)15-12(18)9-5-6-11(16(19)20)10(14)7-9/h5-7,17H,3-4,8H2,1-2H3,(H,15,18). The lowest BCUT2D eigenvalue weighted by atomic mass is 9.93. The van der Waals surface area contributed by atoms with Crippen LogP contribution in [0.5, 0.6) is 0 Å². The summed E-state index contributed by atoms with van der Waals surface area (Å²) in [5, 5.41) is 22.7. The highest BCUT2D eigenvalue weighted by Gasteiger charge is 2.28. The van der Waals surface area contributed by atoms with Crippen LogP contribution in [0.2, 0.25) is 5.02 Å². The van der Waals surface area contributed by atoms with E-state index in [4.69, 9.17) is 11.6 Å². The van der Waals surface area contributed by atoms with Gasteiger partial charge in [-0.1, -0.05) is 25.4 Å². The number of nitrogens with one attached hydrogen (secondary N) is 1. The molecule has 110 valence electrons. The molecule has 0 fully saturated rings. The molecule has 0 saturated carbocycles. The van der Waals surface area contributed by atoms with Crippen molar-refractivity contribution in [3.8, 4) is 0 Å². The zero-order chi connectivity index (χ0) is 15.3. The number of hydrogen-bond acceptors (Lipinski definition) is 4. The van der Waals surface area contributed by atoms with Crippen LogP contribution in [0.15, 0.2) is 18.2 Å². The summed E-state index contributed by atoms with van der Waals surface area (Å²) in [6.07, 6.45) is 1.15. The third kappa shape index (κ3) is 3.46. The number of hydrogen-bond donors (Lipinski definition) is 2.